The number of carbonyl (C=O) groups is 1. The summed E-state index contributed by atoms with van der Waals surface area (Å²) in [7, 11) is -1.59. The molecule has 0 saturated carbocycles. The van der Waals surface area contributed by atoms with Gasteiger partial charge in [0.05, 0.1) is 11.9 Å². The number of benzene rings is 1. The molecule has 0 aromatic heterocycles. The lowest BCUT2D eigenvalue weighted by atomic mass is 10.0. The Labute approximate surface area is 161 Å². The van der Waals surface area contributed by atoms with Crippen molar-refractivity contribution in [3.05, 3.63) is 28.8 Å². The number of hydrogen-bond acceptors (Lipinski definition) is 4. The number of nitrogens with one attached hydrogen (secondary N) is 1. The third kappa shape index (κ3) is 5.11. The Hall–Kier alpha value is -1.31. The van der Waals surface area contributed by atoms with Crippen molar-refractivity contribution in [2.24, 2.45) is 0 Å². The summed E-state index contributed by atoms with van der Waals surface area (Å²) in [4.78, 5) is 15.1. The van der Waals surface area contributed by atoms with Crippen LogP contribution in [0.25, 0.3) is 0 Å². The zero-order chi connectivity index (χ0) is 19.5. The lowest BCUT2D eigenvalue weighted by Gasteiger charge is -2.34. The van der Waals surface area contributed by atoms with Crippen LogP contribution in [0.5, 0.6) is 0 Å². The van der Waals surface area contributed by atoms with Crippen LogP contribution in [0.2, 0.25) is 5.02 Å². The zero-order valence-electron chi connectivity index (χ0n) is 15.8. The Morgan fingerprint density at radius 3 is 2.50 bits per heavy atom. The molecule has 146 valence electrons. The quantitative estimate of drug-likeness (QED) is 0.794. The largest absolute Gasteiger partial charge is 0.351 e. The number of rotatable bonds is 6. The molecule has 8 heteroatoms. The number of likely N-dealkylation sites (tertiary alicyclic amines) is 1. The highest BCUT2D eigenvalue weighted by atomic mass is 35.5. The Bertz CT molecular complexity index is 746. The van der Waals surface area contributed by atoms with Gasteiger partial charge >= 0.3 is 0 Å². The number of amides is 1. The van der Waals surface area contributed by atoms with Gasteiger partial charge in [-0.25, -0.2) is 8.42 Å². The minimum Gasteiger partial charge on any atom is -0.351 e. The number of aryl methyl sites for hydroxylation is 1. The van der Waals surface area contributed by atoms with Crippen LogP contribution in [-0.4, -0.2) is 57.7 Å². The average Bonchev–Trinajstić information content (AvgIpc) is 2.56. The standard InChI is InChI=1S/C18H28ClN3O3S/c1-5-17(18(23)20-14-8-10-21(3)11-9-14)22(26(4,24)25)15-7-6-13(2)16(19)12-15/h6-7,12,14,17H,5,8-11H2,1-4H3,(H,20,23)/t17-/m1/s1. The van der Waals surface area contributed by atoms with Gasteiger partial charge in [-0.15, -0.1) is 0 Å². The summed E-state index contributed by atoms with van der Waals surface area (Å²) in [6.07, 6.45) is 3.23. The molecule has 0 unspecified atom stereocenters. The van der Waals surface area contributed by atoms with E-state index >= 15 is 0 Å². The van der Waals surface area contributed by atoms with Gasteiger partial charge in [0.15, 0.2) is 0 Å². The molecular weight excluding hydrogens is 374 g/mol. The van der Waals surface area contributed by atoms with Crippen LogP contribution in [0.3, 0.4) is 0 Å². The van der Waals surface area contributed by atoms with E-state index in [1.165, 1.54) is 4.31 Å². The molecule has 1 aromatic carbocycles. The van der Waals surface area contributed by atoms with Gasteiger partial charge in [-0.05, 0) is 64.0 Å². The van der Waals surface area contributed by atoms with E-state index in [1.54, 1.807) is 18.2 Å². The second kappa shape index (κ2) is 8.59. The maximum atomic E-state index is 12.9. The molecule has 0 radical (unpaired) electrons. The van der Waals surface area contributed by atoms with Crippen LogP contribution in [0, 0.1) is 6.92 Å². The van der Waals surface area contributed by atoms with Gasteiger partial charge in [0.1, 0.15) is 6.04 Å². The second-order valence-corrected chi connectivity index (χ2v) is 9.27. The van der Waals surface area contributed by atoms with Gasteiger partial charge in [0, 0.05) is 11.1 Å². The summed E-state index contributed by atoms with van der Waals surface area (Å²) in [6.45, 7) is 5.50. The molecule has 6 nitrogen and oxygen atoms in total. The first-order chi connectivity index (χ1) is 12.1. The van der Waals surface area contributed by atoms with Crippen LogP contribution in [-0.2, 0) is 14.8 Å². The van der Waals surface area contributed by atoms with Gasteiger partial charge in [-0.1, -0.05) is 24.6 Å². The first-order valence-electron chi connectivity index (χ1n) is 8.88. The number of sulfonamides is 1. The highest BCUT2D eigenvalue weighted by molar-refractivity contribution is 7.92. The molecule has 1 atom stereocenters. The monoisotopic (exact) mass is 401 g/mol. The molecule has 0 bridgehead atoms. The number of hydrogen-bond donors (Lipinski definition) is 1. The van der Waals surface area contributed by atoms with E-state index in [-0.39, 0.29) is 11.9 Å². The molecule has 2 rings (SSSR count). The van der Waals surface area contributed by atoms with Gasteiger partial charge in [0.2, 0.25) is 15.9 Å². The molecule has 26 heavy (non-hydrogen) atoms. The van der Waals surface area contributed by atoms with Crippen LogP contribution in [0.1, 0.15) is 31.7 Å². The van der Waals surface area contributed by atoms with Crippen LogP contribution in [0.15, 0.2) is 18.2 Å². The fourth-order valence-corrected chi connectivity index (χ4v) is 4.61. The summed E-state index contributed by atoms with van der Waals surface area (Å²) < 4.78 is 26.1. The van der Waals surface area contributed by atoms with Crippen molar-refractivity contribution >= 4 is 33.2 Å². The number of anilines is 1. The summed E-state index contributed by atoms with van der Waals surface area (Å²) in [5, 5.41) is 3.51. The molecule has 1 saturated heterocycles. The second-order valence-electron chi connectivity index (χ2n) is 7.00. The molecule has 0 aliphatic carbocycles. The first-order valence-corrected chi connectivity index (χ1v) is 11.1. The molecular formula is C18H28ClN3O3S. The summed E-state index contributed by atoms with van der Waals surface area (Å²) >= 11 is 6.18. The molecule has 1 fully saturated rings. The Kier molecular flexibility index (Phi) is 6.93. The molecule has 1 aliphatic rings. The van der Waals surface area contributed by atoms with E-state index in [0.29, 0.717) is 17.1 Å². The molecule has 0 spiro atoms. The van der Waals surface area contributed by atoms with Crippen LogP contribution < -0.4 is 9.62 Å². The molecule has 1 aromatic rings. The van der Waals surface area contributed by atoms with Crippen LogP contribution in [0.4, 0.5) is 5.69 Å². The predicted octanol–water partition coefficient (Wildman–Crippen LogP) is 2.40. The number of carbonyl (C=O) groups excluding carboxylic acids is 1. The maximum Gasteiger partial charge on any atom is 0.244 e. The fraction of sp³-hybridized carbons (Fsp3) is 0.611. The highest BCUT2D eigenvalue weighted by Crippen LogP contribution is 2.27. The molecule has 1 amide bonds. The van der Waals surface area contributed by atoms with Crippen molar-refractivity contribution < 1.29 is 13.2 Å². The van der Waals surface area contributed by atoms with Gasteiger partial charge < -0.3 is 10.2 Å². The third-order valence-electron chi connectivity index (χ3n) is 4.80. The minimum absolute atomic E-state index is 0.0794. The minimum atomic E-state index is -3.65. The van der Waals surface area contributed by atoms with E-state index < -0.39 is 16.1 Å². The number of nitrogens with zero attached hydrogens (tertiary/aromatic N) is 2. The van der Waals surface area contributed by atoms with Crippen molar-refractivity contribution in [3.8, 4) is 0 Å². The number of halogens is 1. The van der Waals surface area contributed by atoms with E-state index in [4.69, 9.17) is 11.6 Å². The summed E-state index contributed by atoms with van der Waals surface area (Å²) in [6, 6.07) is 4.33. The van der Waals surface area contributed by atoms with E-state index in [9.17, 15) is 13.2 Å². The van der Waals surface area contributed by atoms with Crippen molar-refractivity contribution in [3.63, 3.8) is 0 Å². The zero-order valence-corrected chi connectivity index (χ0v) is 17.4. The lowest BCUT2D eigenvalue weighted by molar-refractivity contribution is -0.123. The predicted molar refractivity (Wildman–Crippen MR) is 106 cm³/mol. The third-order valence-corrected chi connectivity index (χ3v) is 6.39. The molecule has 1 N–H and O–H groups in total. The number of piperidine rings is 1. The van der Waals surface area contributed by atoms with Gasteiger partial charge in [0.25, 0.3) is 0 Å². The smallest absolute Gasteiger partial charge is 0.244 e. The van der Waals surface area contributed by atoms with E-state index in [1.807, 2.05) is 13.8 Å². The normalized spacial score (nSPS) is 17.7. The summed E-state index contributed by atoms with van der Waals surface area (Å²) in [5.74, 6) is -0.260. The highest BCUT2D eigenvalue weighted by Gasteiger charge is 2.33. The SMILES string of the molecule is CC[C@H](C(=O)NC1CCN(C)CC1)N(c1ccc(C)c(Cl)c1)S(C)(=O)=O. The molecule has 1 aliphatic heterocycles. The fourth-order valence-electron chi connectivity index (χ4n) is 3.23. The summed E-state index contributed by atoms with van der Waals surface area (Å²) in [5.41, 5.74) is 1.26. The van der Waals surface area contributed by atoms with Crippen molar-refractivity contribution in [2.75, 3.05) is 30.7 Å². The van der Waals surface area contributed by atoms with Gasteiger partial charge in [-0.2, -0.15) is 0 Å². The van der Waals surface area contributed by atoms with Crippen molar-refractivity contribution in [1.29, 1.82) is 0 Å². The first kappa shape index (κ1) is 21.0. The van der Waals surface area contributed by atoms with Crippen LogP contribution >= 0.6 is 11.6 Å². The Morgan fingerprint density at radius 1 is 1.38 bits per heavy atom. The maximum absolute atomic E-state index is 12.9. The van der Waals surface area contributed by atoms with Crippen molar-refractivity contribution in [2.45, 2.75) is 45.2 Å². The van der Waals surface area contributed by atoms with E-state index in [2.05, 4.69) is 17.3 Å². The topological polar surface area (TPSA) is 69.7 Å². The Morgan fingerprint density at radius 2 is 2.00 bits per heavy atom. The molecule has 1 heterocycles. The lowest BCUT2D eigenvalue weighted by Crippen LogP contribution is -2.53. The Balaban J connectivity index is 2.26. The van der Waals surface area contributed by atoms with E-state index in [0.717, 1.165) is 37.8 Å². The van der Waals surface area contributed by atoms with Gasteiger partial charge in [-0.3, -0.25) is 9.10 Å². The average molecular weight is 402 g/mol. The van der Waals surface area contributed by atoms with Crippen molar-refractivity contribution in [1.82, 2.24) is 10.2 Å².